The molecule has 1 atom stereocenters. The van der Waals surface area contributed by atoms with Crippen LogP contribution in [-0.2, 0) is 12.7 Å². The van der Waals surface area contributed by atoms with Crippen LogP contribution in [0.4, 0.5) is 19.0 Å². The molecular weight excluding hydrogens is 425 g/mol. The minimum Gasteiger partial charge on any atom is -0.475 e. The van der Waals surface area contributed by atoms with Gasteiger partial charge in [-0.05, 0) is 43.4 Å². The molecule has 1 saturated carbocycles. The van der Waals surface area contributed by atoms with E-state index >= 15 is 0 Å². The van der Waals surface area contributed by atoms with E-state index in [1.165, 1.54) is 16.7 Å². The van der Waals surface area contributed by atoms with Crippen LogP contribution in [0.2, 0.25) is 0 Å². The van der Waals surface area contributed by atoms with Gasteiger partial charge in [-0.1, -0.05) is 18.6 Å². The highest BCUT2D eigenvalue weighted by molar-refractivity contribution is 5.92. The molecule has 1 aliphatic rings. The SMILES string of the molecule is CC(Nc1nc(C#N)nc2nc(C(=O)O)n(Cc3ccc(C(F)(F)F)cc3)c12)C1CCC1. The molecule has 2 heterocycles. The normalized spacial score (nSPS) is 15.2. The molecule has 2 aromatic heterocycles. The average molecular weight is 444 g/mol. The molecule has 0 spiro atoms. The molecule has 1 aliphatic carbocycles. The van der Waals surface area contributed by atoms with Crippen LogP contribution in [0.3, 0.4) is 0 Å². The number of alkyl halides is 3. The minimum absolute atomic E-state index is 0.0242. The van der Waals surface area contributed by atoms with Crippen LogP contribution >= 0.6 is 0 Å². The largest absolute Gasteiger partial charge is 0.475 e. The molecule has 2 N–H and O–H groups in total. The Balaban J connectivity index is 1.80. The standard InChI is InChI=1S/C21H19F3N6O2/c1-11(13-3-2-4-13)26-17-16-18(28-15(9-25)27-17)29-19(20(31)32)30(16)10-12-5-7-14(8-6-12)21(22,23)24/h5-8,11,13H,2-4,10H2,1H3,(H,31,32)(H,26,27,28). The molecule has 0 saturated heterocycles. The van der Waals surface area contributed by atoms with Crippen LogP contribution in [0, 0.1) is 17.2 Å². The van der Waals surface area contributed by atoms with Crippen molar-refractivity contribution in [2.75, 3.05) is 5.32 Å². The molecule has 1 unspecified atom stereocenters. The van der Waals surface area contributed by atoms with Crippen molar-refractivity contribution in [1.29, 1.82) is 5.26 Å². The second-order valence-corrected chi connectivity index (χ2v) is 7.83. The molecule has 32 heavy (non-hydrogen) atoms. The summed E-state index contributed by atoms with van der Waals surface area (Å²) in [5.74, 6) is -1.12. The summed E-state index contributed by atoms with van der Waals surface area (Å²) >= 11 is 0. The molecule has 0 bridgehead atoms. The number of halogens is 3. The van der Waals surface area contributed by atoms with Crippen LogP contribution in [0.15, 0.2) is 24.3 Å². The van der Waals surface area contributed by atoms with Crippen molar-refractivity contribution in [2.24, 2.45) is 5.92 Å². The molecule has 0 radical (unpaired) electrons. The van der Waals surface area contributed by atoms with Gasteiger partial charge in [0, 0.05) is 6.04 Å². The first kappa shape index (κ1) is 21.5. The maximum atomic E-state index is 12.9. The summed E-state index contributed by atoms with van der Waals surface area (Å²) in [5, 5.41) is 22.2. The summed E-state index contributed by atoms with van der Waals surface area (Å²) in [6.45, 7) is 1.93. The lowest BCUT2D eigenvalue weighted by Gasteiger charge is -2.32. The zero-order chi connectivity index (χ0) is 23.0. The van der Waals surface area contributed by atoms with Crippen molar-refractivity contribution in [2.45, 2.75) is 44.9 Å². The molecule has 4 rings (SSSR count). The molecule has 0 aliphatic heterocycles. The van der Waals surface area contributed by atoms with E-state index in [1.54, 1.807) is 0 Å². The number of aromatic carboxylic acids is 1. The number of nitriles is 1. The van der Waals surface area contributed by atoms with Crippen LogP contribution in [0.25, 0.3) is 11.2 Å². The first-order valence-electron chi connectivity index (χ1n) is 10.0. The zero-order valence-electron chi connectivity index (χ0n) is 17.0. The second kappa shape index (κ2) is 8.11. The first-order valence-corrected chi connectivity index (χ1v) is 10.0. The summed E-state index contributed by atoms with van der Waals surface area (Å²) in [7, 11) is 0. The van der Waals surface area contributed by atoms with E-state index in [9.17, 15) is 28.3 Å². The zero-order valence-corrected chi connectivity index (χ0v) is 17.0. The Labute approximate surface area is 180 Å². The number of carbonyl (C=O) groups is 1. The second-order valence-electron chi connectivity index (χ2n) is 7.83. The Morgan fingerprint density at radius 1 is 1.28 bits per heavy atom. The van der Waals surface area contributed by atoms with Gasteiger partial charge in [-0.2, -0.15) is 28.4 Å². The van der Waals surface area contributed by atoms with Crippen molar-refractivity contribution in [3.05, 3.63) is 47.0 Å². The highest BCUT2D eigenvalue weighted by Gasteiger charge is 2.30. The fraction of sp³-hybridized carbons (Fsp3) is 0.381. The molecule has 11 heteroatoms. The van der Waals surface area contributed by atoms with Gasteiger partial charge in [0.25, 0.3) is 0 Å². The van der Waals surface area contributed by atoms with Crippen LogP contribution in [0.5, 0.6) is 0 Å². The lowest BCUT2D eigenvalue weighted by molar-refractivity contribution is -0.137. The number of hydrogen-bond acceptors (Lipinski definition) is 6. The fourth-order valence-electron chi connectivity index (χ4n) is 3.76. The molecule has 3 aromatic rings. The minimum atomic E-state index is -4.47. The number of rotatable bonds is 6. The van der Waals surface area contributed by atoms with Gasteiger partial charge in [-0.25, -0.2) is 9.78 Å². The van der Waals surface area contributed by atoms with E-state index in [4.69, 9.17) is 0 Å². The Morgan fingerprint density at radius 2 is 1.97 bits per heavy atom. The molecule has 0 amide bonds. The van der Waals surface area contributed by atoms with E-state index in [2.05, 4.69) is 20.3 Å². The smallest absolute Gasteiger partial charge is 0.416 e. The predicted octanol–water partition coefficient (Wildman–Crippen LogP) is 4.06. The Kier molecular flexibility index (Phi) is 5.46. The molecule has 1 fully saturated rings. The summed E-state index contributed by atoms with van der Waals surface area (Å²) < 4.78 is 40.0. The lowest BCUT2D eigenvalue weighted by atomic mass is 9.80. The van der Waals surface area contributed by atoms with Gasteiger partial charge in [-0.3, -0.25) is 0 Å². The third-order valence-corrected chi connectivity index (χ3v) is 5.74. The van der Waals surface area contributed by atoms with E-state index in [1.807, 2.05) is 13.0 Å². The van der Waals surface area contributed by atoms with E-state index in [-0.39, 0.29) is 41.2 Å². The van der Waals surface area contributed by atoms with Gasteiger partial charge >= 0.3 is 12.1 Å². The Morgan fingerprint density at radius 3 is 2.50 bits per heavy atom. The van der Waals surface area contributed by atoms with Gasteiger partial charge in [0.05, 0.1) is 12.1 Å². The molecular formula is C21H19F3N6O2. The van der Waals surface area contributed by atoms with Gasteiger partial charge in [0.1, 0.15) is 11.6 Å². The van der Waals surface area contributed by atoms with E-state index in [0.29, 0.717) is 11.5 Å². The van der Waals surface area contributed by atoms with Gasteiger partial charge in [0.15, 0.2) is 11.5 Å². The lowest BCUT2D eigenvalue weighted by Crippen LogP contribution is -2.31. The number of nitrogens with one attached hydrogen (secondary N) is 1. The number of benzene rings is 1. The number of carboxylic acid groups (broad SMARTS) is 1. The highest BCUT2D eigenvalue weighted by Crippen LogP contribution is 2.33. The number of carboxylic acids is 1. The van der Waals surface area contributed by atoms with Gasteiger partial charge in [0.2, 0.25) is 11.6 Å². The van der Waals surface area contributed by atoms with Gasteiger partial charge in [-0.15, -0.1) is 0 Å². The van der Waals surface area contributed by atoms with Crippen molar-refractivity contribution in [1.82, 2.24) is 19.5 Å². The van der Waals surface area contributed by atoms with E-state index in [0.717, 1.165) is 31.4 Å². The monoisotopic (exact) mass is 444 g/mol. The molecule has 166 valence electrons. The molecule has 1 aromatic carbocycles. The maximum Gasteiger partial charge on any atom is 0.416 e. The van der Waals surface area contributed by atoms with E-state index < -0.39 is 17.7 Å². The topological polar surface area (TPSA) is 117 Å². The summed E-state index contributed by atoms with van der Waals surface area (Å²) in [6.07, 6.45) is -1.23. The third-order valence-electron chi connectivity index (χ3n) is 5.74. The number of fused-ring (bicyclic) bond motifs is 1. The fourth-order valence-corrected chi connectivity index (χ4v) is 3.76. The number of aromatic nitrogens is 4. The van der Waals surface area contributed by atoms with Crippen LogP contribution in [0.1, 0.15) is 53.8 Å². The average Bonchev–Trinajstić information content (AvgIpc) is 3.05. The van der Waals surface area contributed by atoms with Crippen LogP contribution in [-0.4, -0.2) is 36.6 Å². The Bertz CT molecular complexity index is 1210. The number of anilines is 1. The van der Waals surface area contributed by atoms with Gasteiger partial charge < -0.3 is 15.0 Å². The number of imidazole rings is 1. The molecule has 8 nitrogen and oxygen atoms in total. The van der Waals surface area contributed by atoms with Crippen molar-refractivity contribution >= 4 is 23.0 Å². The maximum absolute atomic E-state index is 12.9. The summed E-state index contributed by atoms with van der Waals surface area (Å²) in [6, 6.07) is 6.33. The summed E-state index contributed by atoms with van der Waals surface area (Å²) in [4.78, 5) is 24.2. The predicted molar refractivity (Wildman–Crippen MR) is 108 cm³/mol. The summed E-state index contributed by atoms with van der Waals surface area (Å²) in [5.41, 5.74) is -0.0346. The Hall–Kier alpha value is -3.68. The number of nitrogens with zero attached hydrogens (tertiary/aromatic N) is 5. The quantitative estimate of drug-likeness (QED) is 0.589. The first-order chi connectivity index (χ1) is 15.2. The van der Waals surface area contributed by atoms with Crippen molar-refractivity contribution in [3.8, 4) is 6.07 Å². The third kappa shape index (κ3) is 4.08. The van der Waals surface area contributed by atoms with Crippen LogP contribution < -0.4 is 5.32 Å². The van der Waals surface area contributed by atoms with Crippen molar-refractivity contribution in [3.63, 3.8) is 0 Å². The van der Waals surface area contributed by atoms with Crippen molar-refractivity contribution < 1.29 is 23.1 Å². The highest BCUT2D eigenvalue weighted by atomic mass is 19.4. The number of hydrogen-bond donors (Lipinski definition) is 2.